The second-order valence-electron chi connectivity index (χ2n) is 6.30. The highest BCUT2D eigenvalue weighted by Crippen LogP contribution is 2.45. The average molecular weight is 287 g/mol. The van der Waals surface area contributed by atoms with Gasteiger partial charge >= 0.3 is 0 Å². The predicted octanol–water partition coefficient (Wildman–Crippen LogP) is 1.44. The molecule has 2 fully saturated rings. The lowest BCUT2D eigenvalue weighted by Crippen LogP contribution is -2.64. The topological polar surface area (TPSA) is 79.5 Å². The molecule has 0 unspecified atom stereocenters. The summed E-state index contributed by atoms with van der Waals surface area (Å²) in [6.07, 6.45) is 2.14. The van der Waals surface area contributed by atoms with Crippen LogP contribution in [0.5, 0.6) is 0 Å². The van der Waals surface area contributed by atoms with Crippen molar-refractivity contribution in [2.45, 2.75) is 32.3 Å². The summed E-state index contributed by atoms with van der Waals surface area (Å²) in [5, 5.41) is 14.9. The van der Waals surface area contributed by atoms with Crippen LogP contribution in [0.2, 0.25) is 0 Å². The van der Waals surface area contributed by atoms with Gasteiger partial charge in [-0.05, 0) is 38.7 Å². The molecule has 0 atom stereocenters. The Hall–Kier alpha value is -1.95. The number of aliphatic hydroxyl groups is 1. The van der Waals surface area contributed by atoms with Crippen molar-refractivity contribution in [2.75, 3.05) is 13.1 Å². The van der Waals surface area contributed by atoms with Crippen LogP contribution in [0.15, 0.2) is 10.6 Å². The van der Waals surface area contributed by atoms with Gasteiger partial charge in [0.1, 0.15) is 5.60 Å². The van der Waals surface area contributed by atoms with Crippen molar-refractivity contribution in [3.05, 3.63) is 23.0 Å². The number of aryl methyl sites for hydroxylation is 2. The lowest BCUT2D eigenvalue weighted by Gasteiger charge is -2.47. The zero-order valence-electron chi connectivity index (χ0n) is 12.1. The molecule has 1 aliphatic heterocycles. The Morgan fingerprint density at radius 1 is 1.43 bits per heavy atom. The molecule has 2 aromatic rings. The molecule has 0 aromatic carbocycles. The zero-order chi connectivity index (χ0) is 14.8. The Balaban J connectivity index is 1.67. The van der Waals surface area contributed by atoms with Crippen LogP contribution < -0.4 is 0 Å². The molecule has 0 bridgehead atoms. The van der Waals surface area contributed by atoms with Gasteiger partial charge in [0, 0.05) is 5.69 Å². The molecular formula is C15H17N3O3. The number of aromatic nitrogens is 2. The molecule has 110 valence electrons. The normalized spacial score (nSPS) is 20.6. The first-order valence-corrected chi connectivity index (χ1v) is 7.23. The number of likely N-dealkylation sites (tertiary alicyclic amines) is 1. The number of rotatable bonds is 2. The van der Waals surface area contributed by atoms with Gasteiger partial charge in [-0.15, -0.1) is 0 Å². The third-order valence-corrected chi connectivity index (χ3v) is 4.53. The zero-order valence-corrected chi connectivity index (χ0v) is 12.1. The van der Waals surface area contributed by atoms with Crippen molar-refractivity contribution in [3.8, 4) is 0 Å². The van der Waals surface area contributed by atoms with Gasteiger partial charge in [-0.2, -0.15) is 0 Å². The molecule has 1 amide bonds. The van der Waals surface area contributed by atoms with Crippen LogP contribution in [0.1, 0.15) is 34.6 Å². The number of pyridine rings is 1. The quantitative estimate of drug-likeness (QED) is 0.904. The van der Waals surface area contributed by atoms with E-state index in [2.05, 4.69) is 10.1 Å². The van der Waals surface area contributed by atoms with Gasteiger partial charge in [-0.3, -0.25) is 4.79 Å². The first-order valence-electron chi connectivity index (χ1n) is 7.23. The van der Waals surface area contributed by atoms with E-state index in [9.17, 15) is 9.90 Å². The molecule has 1 saturated carbocycles. The summed E-state index contributed by atoms with van der Waals surface area (Å²) >= 11 is 0. The number of carbonyl (C=O) groups excluding carboxylic acids is 1. The van der Waals surface area contributed by atoms with Gasteiger partial charge in [-0.1, -0.05) is 5.16 Å². The van der Waals surface area contributed by atoms with Crippen molar-refractivity contribution < 1.29 is 14.4 Å². The summed E-state index contributed by atoms with van der Waals surface area (Å²) in [5.41, 5.74) is 1.68. The van der Waals surface area contributed by atoms with E-state index in [1.807, 2.05) is 6.92 Å². The number of amides is 1. The average Bonchev–Trinajstić information content (AvgIpc) is 3.19. The summed E-state index contributed by atoms with van der Waals surface area (Å²) in [4.78, 5) is 18.6. The number of nitrogens with zero attached hydrogens (tertiary/aromatic N) is 3. The lowest BCUT2D eigenvalue weighted by atomic mass is 9.88. The van der Waals surface area contributed by atoms with Crippen LogP contribution in [-0.2, 0) is 0 Å². The fraction of sp³-hybridized carbons (Fsp3) is 0.533. The van der Waals surface area contributed by atoms with Crippen LogP contribution in [0, 0.1) is 19.8 Å². The summed E-state index contributed by atoms with van der Waals surface area (Å²) < 4.78 is 5.16. The standard InChI is InChI=1S/C15H17N3O3/c1-8-5-11(12-9(2)17-21-13(12)16-8)14(19)18-6-15(20,7-18)10-3-4-10/h5,10,20H,3-4,6-7H2,1-2H3. The number of carbonyl (C=O) groups is 1. The highest BCUT2D eigenvalue weighted by atomic mass is 16.5. The third kappa shape index (κ3) is 1.86. The van der Waals surface area contributed by atoms with E-state index in [4.69, 9.17) is 4.52 Å². The molecule has 21 heavy (non-hydrogen) atoms. The first-order chi connectivity index (χ1) is 9.98. The maximum absolute atomic E-state index is 12.7. The van der Waals surface area contributed by atoms with E-state index in [0.29, 0.717) is 41.4 Å². The number of hydrogen-bond acceptors (Lipinski definition) is 5. The monoisotopic (exact) mass is 287 g/mol. The first kappa shape index (κ1) is 12.8. The molecular weight excluding hydrogens is 270 g/mol. The Labute approximate surface area is 121 Å². The van der Waals surface area contributed by atoms with Crippen molar-refractivity contribution >= 4 is 17.0 Å². The van der Waals surface area contributed by atoms with Gasteiger partial charge < -0.3 is 14.5 Å². The van der Waals surface area contributed by atoms with E-state index >= 15 is 0 Å². The molecule has 3 heterocycles. The van der Waals surface area contributed by atoms with E-state index in [-0.39, 0.29) is 5.91 Å². The number of fused-ring (bicyclic) bond motifs is 1. The molecule has 1 N–H and O–H groups in total. The van der Waals surface area contributed by atoms with Crippen molar-refractivity contribution in [2.24, 2.45) is 5.92 Å². The molecule has 0 spiro atoms. The van der Waals surface area contributed by atoms with E-state index in [1.165, 1.54) is 0 Å². The van der Waals surface area contributed by atoms with Gasteiger partial charge in [0.25, 0.3) is 11.6 Å². The Morgan fingerprint density at radius 3 is 2.81 bits per heavy atom. The third-order valence-electron chi connectivity index (χ3n) is 4.53. The lowest BCUT2D eigenvalue weighted by molar-refractivity contribution is -0.0957. The molecule has 2 aromatic heterocycles. The van der Waals surface area contributed by atoms with Gasteiger partial charge in [0.15, 0.2) is 0 Å². The molecule has 2 aliphatic rings. The number of hydrogen-bond donors (Lipinski definition) is 1. The summed E-state index contributed by atoms with van der Waals surface area (Å²) in [6.45, 7) is 4.47. The maximum atomic E-state index is 12.7. The predicted molar refractivity (Wildman–Crippen MR) is 74.9 cm³/mol. The van der Waals surface area contributed by atoms with Crippen LogP contribution in [-0.4, -0.2) is 44.7 Å². The minimum Gasteiger partial charge on any atom is -0.386 e. The molecule has 0 radical (unpaired) electrons. The van der Waals surface area contributed by atoms with Gasteiger partial charge in [-0.25, -0.2) is 4.98 Å². The molecule has 6 heteroatoms. The summed E-state index contributed by atoms with van der Waals surface area (Å²) in [5.74, 6) is 0.292. The molecule has 6 nitrogen and oxygen atoms in total. The summed E-state index contributed by atoms with van der Waals surface area (Å²) in [6, 6.07) is 1.77. The van der Waals surface area contributed by atoms with Crippen LogP contribution in [0.25, 0.3) is 11.1 Å². The second kappa shape index (κ2) is 4.04. The molecule has 4 rings (SSSR count). The largest absolute Gasteiger partial charge is 0.386 e. The molecule has 1 saturated heterocycles. The van der Waals surface area contributed by atoms with Crippen LogP contribution >= 0.6 is 0 Å². The second-order valence-corrected chi connectivity index (χ2v) is 6.30. The smallest absolute Gasteiger partial charge is 0.258 e. The maximum Gasteiger partial charge on any atom is 0.258 e. The van der Waals surface area contributed by atoms with Crippen molar-refractivity contribution in [1.29, 1.82) is 0 Å². The Bertz CT molecular complexity index is 742. The highest BCUT2D eigenvalue weighted by Gasteiger charge is 2.53. The Morgan fingerprint density at radius 2 is 2.14 bits per heavy atom. The fourth-order valence-electron chi connectivity index (χ4n) is 3.19. The highest BCUT2D eigenvalue weighted by molar-refractivity contribution is 6.06. The Kier molecular flexibility index (Phi) is 2.45. The minimum atomic E-state index is -0.666. The molecule has 1 aliphatic carbocycles. The minimum absolute atomic E-state index is 0.0814. The van der Waals surface area contributed by atoms with Crippen molar-refractivity contribution in [3.63, 3.8) is 0 Å². The van der Waals surface area contributed by atoms with Crippen LogP contribution in [0.4, 0.5) is 0 Å². The fourth-order valence-corrected chi connectivity index (χ4v) is 3.19. The van der Waals surface area contributed by atoms with E-state index < -0.39 is 5.60 Å². The van der Waals surface area contributed by atoms with Gasteiger partial charge in [0.05, 0.1) is 29.7 Å². The van der Waals surface area contributed by atoms with Gasteiger partial charge in [0.2, 0.25) is 0 Å². The van der Waals surface area contributed by atoms with E-state index in [1.54, 1.807) is 17.9 Å². The van der Waals surface area contributed by atoms with Crippen molar-refractivity contribution in [1.82, 2.24) is 15.0 Å². The summed E-state index contributed by atoms with van der Waals surface area (Å²) in [7, 11) is 0. The van der Waals surface area contributed by atoms with Crippen LogP contribution in [0.3, 0.4) is 0 Å². The SMILES string of the molecule is Cc1cc(C(=O)N2CC(O)(C3CC3)C2)c2c(C)noc2n1. The number of β-amino-alcohol motifs (C(OH)–C–C–N with tert-alkyl or cyclic N) is 1. The van der Waals surface area contributed by atoms with E-state index in [0.717, 1.165) is 18.5 Å².